The third-order valence-electron chi connectivity index (χ3n) is 9.06. The molecule has 0 radical (unpaired) electrons. The second-order valence-corrected chi connectivity index (χ2v) is 22.8. The number of hydrogen-bond acceptors (Lipinski definition) is 10. The van der Waals surface area contributed by atoms with Crippen LogP contribution in [-0.4, -0.2) is 49.5 Å². The molecule has 362 valence electrons. The zero-order chi connectivity index (χ0) is 50.3. The van der Waals surface area contributed by atoms with E-state index in [-0.39, 0.29) is 16.2 Å². The van der Waals surface area contributed by atoms with Gasteiger partial charge in [0, 0.05) is 105 Å². The minimum Gasteiger partial charge on any atom is -0.270 e. The van der Waals surface area contributed by atoms with E-state index in [2.05, 4.69) is 170 Å². The zero-order valence-electron chi connectivity index (χ0n) is 44.4. The first kappa shape index (κ1) is 59.1. The molecule has 0 saturated carbocycles. The van der Waals surface area contributed by atoms with Gasteiger partial charge in [-0.1, -0.05) is 102 Å². The van der Waals surface area contributed by atoms with Gasteiger partial charge in [0.25, 0.3) is 0 Å². The summed E-state index contributed by atoms with van der Waals surface area (Å²) in [7, 11) is 0. The van der Waals surface area contributed by atoms with Gasteiger partial charge in [-0.15, -0.1) is 22.7 Å². The number of rotatable bonds is 4. The van der Waals surface area contributed by atoms with Crippen LogP contribution < -0.4 is 0 Å². The van der Waals surface area contributed by atoms with Crippen molar-refractivity contribution in [1.82, 2.24) is 49.5 Å². The lowest BCUT2D eigenvalue weighted by Gasteiger charge is -2.16. The average molecular weight is 937 g/mol. The molecule has 66 heavy (non-hydrogen) atoms. The molecule has 7 heterocycles. The van der Waals surface area contributed by atoms with Crippen molar-refractivity contribution in [3.05, 3.63) is 153 Å². The molecule has 0 aliphatic rings. The highest BCUT2D eigenvalue weighted by atomic mass is 32.1. The molecule has 0 aliphatic heterocycles. The Bertz CT molecular complexity index is 2090. The third kappa shape index (κ3) is 25.1. The monoisotopic (exact) mass is 937 g/mol. The maximum Gasteiger partial charge on any atom is 0.133 e. The van der Waals surface area contributed by atoms with Crippen molar-refractivity contribution in [3.8, 4) is 0 Å². The Morgan fingerprint density at radius 1 is 0.455 bits per heavy atom. The fourth-order valence-electron chi connectivity index (χ4n) is 4.99. The van der Waals surface area contributed by atoms with Crippen LogP contribution >= 0.6 is 22.7 Å². The van der Waals surface area contributed by atoms with Gasteiger partial charge in [-0.3, -0.25) is 19.3 Å². The predicted molar refractivity (Wildman–Crippen MR) is 283 cm³/mol. The summed E-state index contributed by atoms with van der Waals surface area (Å²) in [5.41, 5.74) is 4.92. The van der Waals surface area contributed by atoms with Gasteiger partial charge in [-0.05, 0) is 109 Å². The summed E-state index contributed by atoms with van der Waals surface area (Å²) in [4.78, 5) is 28.1. The van der Waals surface area contributed by atoms with Crippen LogP contribution in [0.1, 0.15) is 190 Å². The van der Waals surface area contributed by atoms with Gasteiger partial charge in [-0.25, -0.2) is 19.9 Å². The quantitative estimate of drug-likeness (QED) is 0.171. The molecule has 7 rings (SSSR count). The molecule has 0 unspecified atom stereocenters. The molecule has 7 aromatic heterocycles. The number of pyridine rings is 2. The number of thiazole rings is 2. The van der Waals surface area contributed by atoms with Crippen LogP contribution in [0.3, 0.4) is 0 Å². The van der Waals surface area contributed by atoms with Crippen molar-refractivity contribution in [2.24, 2.45) is 0 Å². The Balaban J connectivity index is 0.000000386. The normalized spacial score (nSPS) is 11.0. The number of aryl methyl sites for hydroxylation is 4. The maximum absolute atomic E-state index is 4.25. The Hall–Kier alpha value is -4.94. The highest BCUT2D eigenvalue weighted by Crippen LogP contribution is 2.22. The molecule has 7 aromatic rings. The van der Waals surface area contributed by atoms with E-state index in [9.17, 15) is 0 Å². The maximum atomic E-state index is 4.25. The molecule has 0 bridgehead atoms. The van der Waals surface area contributed by atoms with Crippen molar-refractivity contribution in [2.45, 2.75) is 186 Å². The highest BCUT2D eigenvalue weighted by molar-refractivity contribution is 7.11. The van der Waals surface area contributed by atoms with Gasteiger partial charge in [0.15, 0.2) is 0 Å². The topological polar surface area (TPSA) is 113 Å². The molecule has 0 spiro atoms. The second kappa shape index (κ2) is 29.0. The summed E-state index contributed by atoms with van der Waals surface area (Å²) in [5.74, 6) is 2.18. The standard InChI is InChI=1S/C9H14N2.2C9H13N.C7H12N2.2C7H11NS.C6H10N2/c1-7-5-10-8(11-6-7)9(2,3)4;2*1-9(2,3)8-6-4-5-7-10-8;1-6(2)9-5-4-7(3)8-9;2*1-5(2)7-4-8-6(3)9-7;1-6(2)8-5-3-4-7-8/h5-6H,1-4H3;2*4-7H,1-3H3;4-6H,1-3H3;2*4-5H,1-3H3;3-6H,1-2H3. The van der Waals surface area contributed by atoms with E-state index >= 15 is 0 Å². The molecule has 0 atom stereocenters. The summed E-state index contributed by atoms with van der Waals surface area (Å²) < 4.78 is 3.87. The Morgan fingerprint density at radius 2 is 0.894 bits per heavy atom. The van der Waals surface area contributed by atoms with E-state index in [4.69, 9.17) is 0 Å². The number of aromatic nitrogens is 10. The van der Waals surface area contributed by atoms with Crippen molar-refractivity contribution in [1.29, 1.82) is 0 Å². The second-order valence-electron chi connectivity index (χ2n) is 20.2. The first-order valence-electron chi connectivity index (χ1n) is 23.1. The molecular formula is C54H84N10S2. The van der Waals surface area contributed by atoms with E-state index in [1.807, 2.05) is 123 Å². The van der Waals surface area contributed by atoms with Crippen molar-refractivity contribution >= 4 is 22.7 Å². The van der Waals surface area contributed by atoms with E-state index in [1.165, 1.54) is 19.8 Å². The van der Waals surface area contributed by atoms with Crippen LogP contribution in [0.15, 0.2) is 104 Å². The lowest BCUT2D eigenvalue weighted by atomic mass is 9.92. The number of nitrogens with zero attached hydrogens (tertiary/aromatic N) is 10. The third-order valence-corrected chi connectivity index (χ3v) is 11.5. The summed E-state index contributed by atoms with van der Waals surface area (Å²) in [6.07, 6.45) is 17.1. The van der Waals surface area contributed by atoms with Crippen molar-refractivity contribution in [2.75, 3.05) is 0 Å². The first-order valence-corrected chi connectivity index (χ1v) is 24.7. The fraction of sp³-hybridized carbons (Fsp3) is 0.519. The van der Waals surface area contributed by atoms with Gasteiger partial charge >= 0.3 is 0 Å². The summed E-state index contributed by atoms with van der Waals surface area (Å²) >= 11 is 3.57. The van der Waals surface area contributed by atoms with E-state index < -0.39 is 0 Å². The van der Waals surface area contributed by atoms with Crippen LogP contribution in [0.2, 0.25) is 0 Å². The van der Waals surface area contributed by atoms with E-state index in [1.54, 1.807) is 28.9 Å². The number of hydrogen-bond donors (Lipinski definition) is 0. The van der Waals surface area contributed by atoms with Crippen LogP contribution in [0, 0.1) is 27.7 Å². The minimum absolute atomic E-state index is 0.0632. The van der Waals surface area contributed by atoms with Crippen LogP contribution in [0.4, 0.5) is 0 Å². The van der Waals surface area contributed by atoms with Crippen LogP contribution in [-0.2, 0) is 16.2 Å². The summed E-state index contributed by atoms with van der Waals surface area (Å²) in [6.45, 7) is 44.6. The Morgan fingerprint density at radius 3 is 1.09 bits per heavy atom. The molecule has 0 aromatic carbocycles. The van der Waals surface area contributed by atoms with Crippen molar-refractivity contribution in [3.63, 3.8) is 0 Å². The average Bonchev–Trinajstić information content (AvgIpc) is 4.09. The van der Waals surface area contributed by atoms with Crippen molar-refractivity contribution < 1.29 is 0 Å². The zero-order valence-corrected chi connectivity index (χ0v) is 46.0. The SMILES string of the molecule is CC(C)(C)c1ccccn1.CC(C)(C)c1ccccn1.CC(C)n1cccn1.Cc1ccn(C(C)C)n1.Cc1cnc(C(C)(C)C)nc1.Cc1ncc(C(C)C)s1.Cc1ncc(C(C)C)s1. The Labute approximate surface area is 408 Å². The molecule has 0 N–H and O–H groups in total. The fourth-order valence-corrected chi connectivity index (χ4v) is 6.56. The smallest absolute Gasteiger partial charge is 0.133 e. The summed E-state index contributed by atoms with van der Waals surface area (Å²) in [5, 5.41) is 10.6. The molecular weight excluding hydrogens is 853 g/mol. The highest BCUT2D eigenvalue weighted by Gasteiger charge is 2.16. The van der Waals surface area contributed by atoms with Crippen LogP contribution in [0.5, 0.6) is 0 Å². The molecule has 10 nitrogen and oxygen atoms in total. The minimum atomic E-state index is 0.0632. The molecule has 0 saturated heterocycles. The van der Waals surface area contributed by atoms with Crippen LogP contribution in [0.25, 0.3) is 0 Å². The molecule has 0 aliphatic carbocycles. The molecule has 0 amide bonds. The Kier molecular flexibility index (Phi) is 25.9. The summed E-state index contributed by atoms with van der Waals surface area (Å²) in [6, 6.07) is 17.0. The van der Waals surface area contributed by atoms with Gasteiger partial charge in [0.05, 0.1) is 15.7 Å². The largest absolute Gasteiger partial charge is 0.270 e. The lowest BCUT2D eigenvalue weighted by Crippen LogP contribution is -2.15. The van der Waals surface area contributed by atoms with E-state index in [0.717, 1.165) is 28.5 Å². The first-order chi connectivity index (χ1) is 30.6. The van der Waals surface area contributed by atoms with Gasteiger partial charge in [-0.2, -0.15) is 10.2 Å². The van der Waals surface area contributed by atoms with E-state index in [0.29, 0.717) is 23.9 Å². The molecule has 0 fully saturated rings. The predicted octanol–water partition coefficient (Wildman–Crippen LogP) is 15.2. The van der Waals surface area contributed by atoms with Gasteiger partial charge in [0.2, 0.25) is 0 Å². The molecule has 12 heteroatoms. The lowest BCUT2D eigenvalue weighted by molar-refractivity contribution is 0.529. The van der Waals surface area contributed by atoms with Gasteiger partial charge < -0.3 is 0 Å². The van der Waals surface area contributed by atoms with Gasteiger partial charge in [0.1, 0.15) is 5.82 Å².